The van der Waals surface area contributed by atoms with Gasteiger partial charge in [-0.05, 0) is 55.3 Å². The van der Waals surface area contributed by atoms with Crippen LogP contribution in [0.15, 0.2) is 72.8 Å². The first kappa shape index (κ1) is 24.2. The van der Waals surface area contributed by atoms with Crippen LogP contribution in [0, 0.1) is 5.92 Å². The fraction of sp³-hybridized carbons (Fsp3) is 0.286. The second-order valence-electron chi connectivity index (χ2n) is 8.61. The minimum Gasteiger partial charge on any atom is -0.490 e. The van der Waals surface area contributed by atoms with E-state index in [9.17, 15) is 9.59 Å². The molecule has 36 heavy (non-hydrogen) atoms. The number of nitrogens with zero attached hydrogens (tertiary/aromatic N) is 2. The number of ether oxygens (including phenoxy) is 2. The van der Waals surface area contributed by atoms with E-state index in [1.807, 2.05) is 62.4 Å². The second kappa shape index (κ2) is 10.2. The summed E-state index contributed by atoms with van der Waals surface area (Å²) in [6.07, 6.45) is -0.116. The van der Waals surface area contributed by atoms with Gasteiger partial charge in [-0.1, -0.05) is 54.9 Å². The van der Waals surface area contributed by atoms with Crippen molar-refractivity contribution in [2.45, 2.75) is 32.4 Å². The second-order valence-corrected chi connectivity index (χ2v) is 9.02. The van der Waals surface area contributed by atoms with Gasteiger partial charge in [0.1, 0.15) is 5.92 Å². The van der Waals surface area contributed by atoms with E-state index < -0.39 is 24.0 Å². The molecule has 5 rings (SSSR count). The third kappa shape index (κ3) is 4.18. The van der Waals surface area contributed by atoms with Crippen molar-refractivity contribution in [1.82, 2.24) is 0 Å². The number of hydrogen-bond donors (Lipinski definition) is 0. The lowest BCUT2D eigenvalue weighted by molar-refractivity contribution is -0.126. The Kier molecular flexibility index (Phi) is 6.85. The summed E-state index contributed by atoms with van der Waals surface area (Å²) in [6, 6.07) is 21.3. The van der Waals surface area contributed by atoms with Gasteiger partial charge in [-0.3, -0.25) is 14.4 Å². The SMILES string of the molecule is CCCOc1ccc([C@@H]2[C@@H]3C(=O)N(c4ccccc4Cl)C(=O)[C@@H]3ON2c2ccccc2)cc1OCC. The van der Waals surface area contributed by atoms with Crippen molar-refractivity contribution in [2.24, 2.45) is 5.92 Å². The quantitative estimate of drug-likeness (QED) is 0.372. The maximum Gasteiger partial charge on any atom is 0.266 e. The van der Waals surface area contributed by atoms with Gasteiger partial charge < -0.3 is 9.47 Å². The molecule has 0 saturated carbocycles. The van der Waals surface area contributed by atoms with Gasteiger partial charge in [0, 0.05) is 0 Å². The van der Waals surface area contributed by atoms with Crippen molar-refractivity contribution >= 4 is 34.8 Å². The Morgan fingerprint density at radius 2 is 1.64 bits per heavy atom. The van der Waals surface area contributed by atoms with E-state index in [2.05, 4.69) is 0 Å². The molecule has 7 nitrogen and oxygen atoms in total. The van der Waals surface area contributed by atoms with Crippen LogP contribution in [0.25, 0.3) is 0 Å². The number of fused-ring (bicyclic) bond motifs is 1. The maximum atomic E-state index is 13.8. The van der Waals surface area contributed by atoms with Crippen LogP contribution in [0.3, 0.4) is 0 Å². The molecule has 0 spiro atoms. The molecule has 8 heteroatoms. The zero-order chi connectivity index (χ0) is 25.2. The Bertz CT molecular complexity index is 1270. The van der Waals surface area contributed by atoms with Crippen molar-refractivity contribution in [3.05, 3.63) is 83.4 Å². The molecule has 2 amide bonds. The number of para-hydroxylation sites is 2. The Hall–Kier alpha value is -3.55. The summed E-state index contributed by atoms with van der Waals surface area (Å²) in [4.78, 5) is 34.7. The average Bonchev–Trinajstić information content (AvgIpc) is 3.40. The standard InChI is InChI=1S/C28H27ClN2O5/c1-3-16-35-22-15-14-18(17-23(22)34-4-2)25-24-26(36-31(25)19-10-6-5-7-11-19)28(33)30(27(24)32)21-13-9-8-12-20(21)29/h5-15,17,24-26H,3-4,16H2,1-2H3/t24-,25+,26+/m0/s1. The summed E-state index contributed by atoms with van der Waals surface area (Å²) in [5.74, 6) is -0.346. The topological polar surface area (TPSA) is 68.3 Å². The van der Waals surface area contributed by atoms with Gasteiger partial charge >= 0.3 is 0 Å². The molecule has 2 saturated heterocycles. The molecule has 0 aliphatic carbocycles. The van der Waals surface area contributed by atoms with Gasteiger partial charge in [0.2, 0.25) is 5.91 Å². The van der Waals surface area contributed by atoms with Crippen molar-refractivity contribution in [3.63, 3.8) is 0 Å². The zero-order valence-corrected chi connectivity index (χ0v) is 20.9. The fourth-order valence-corrected chi connectivity index (χ4v) is 4.95. The first-order chi connectivity index (χ1) is 17.5. The van der Waals surface area contributed by atoms with Crippen LogP contribution in [0.2, 0.25) is 5.02 Å². The van der Waals surface area contributed by atoms with E-state index in [4.69, 9.17) is 25.9 Å². The van der Waals surface area contributed by atoms with Gasteiger partial charge in [-0.2, -0.15) is 0 Å². The summed E-state index contributed by atoms with van der Waals surface area (Å²) < 4.78 is 11.7. The number of imide groups is 1. The van der Waals surface area contributed by atoms with Crippen molar-refractivity contribution in [1.29, 1.82) is 0 Å². The molecule has 0 N–H and O–H groups in total. The van der Waals surface area contributed by atoms with Crippen LogP contribution < -0.4 is 19.4 Å². The third-order valence-electron chi connectivity index (χ3n) is 6.29. The lowest BCUT2D eigenvalue weighted by atomic mass is 9.90. The number of halogens is 1. The van der Waals surface area contributed by atoms with Crippen LogP contribution in [0.1, 0.15) is 31.9 Å². The highest BCUT2D eigenvalue weighted by molar-refractivity contribution is 6.36. The number of carbonyl (C=O) groups excluding carboxylic acids is 2. The number of anilines is 2. The minimum absolute atomic E-state index is 0.326. The molecule has 0 aromatic heterocycles. The highest BCUT2D eigenvalue weighted by Crippen LogP contribution is 2.49. The highest BCUT2D eigenvalue weighted by Gasteiger charge is 2.60. The van der Waals surface area contributed by atoms with Gasteiger partial charge in [-0.15, -0.1) is 0 Å². The smallest absolute Gasteiger partial charge is 0.266 e. The van der Waals surface area contributed by atoms with E-state index >= 15 is 0 Å². The van der Waals surface area contributed by atoms with Crippen molar-refractivity contribution in [2.75, 3.05) is 23.2 Å². The molecule has 3 atom stereocenters. The van der Waals surface area contributed by atoms with Crippen LogP contribution in [-0.4, -0.2) is 31.1 Å². The van der Waals surface area contributed by atoms with Crippen molar-refractivity contribution < 1.29 is 23.9 Å². The Morgan fingerprint density at radius 1 is 0.889 bits per heavy atom. The molecular formula is C28H27ClN2O5. The summed E-state index contributed by atoms with van der Waals surface area (Å²) >= 11 is 6.36. The Labute approximate surface area is 215 Å². The molecule has 2 fully saturated rings. The lowest BCUT2D eigenvalue weighted by Crippen LogP contribution is -2.37. The number of amides is 2. The summed E-state index contributed by atoms with van der Waals surface area (Å²) in [7, 11) is 0. The zero-order valence-electron chi connectivity index (χ0n) is 20.1. The predicted octanol–water partition coefficient (Wildman–Crippen LogP) is 5.58. The molecule has 3 aromatic carbocycles. The number of benzene rings is 3. The minimum atomic E-state index is -0.981. The highest BCUT2D eigenvalue weighted by atomic mass is 35.5. The van der Waals surface area contributed by atoms with E-state index in [1.54, 1.807) is 29.3 Å². The number of rotatable bonds is 8. The Balaban J connectivity index is 1.59. The van der Waals surface area contributed by atoms with E-state index in [0.29, 0.717) is 35.4 Å². The predicted molar refractivity (Wildman–Crippen MR) is 137 cm³/mol. The molecule has 0 unspecified atom stereocenters. The maximum absolute atomic E-state index is 13.8. The molecular weight excluding hydrogens is 480 g/mol. The van der Waals surface area contributed by atoms with Crippen LogP contribution in [-0.2, 0) is 14.4 Å². The number of hydrogen-bond acceptors (Lipinski definition) is 6. The van der Waals surface area contributed by atoms with Gasteiger partial charge in [0.25, 0.3) is 5.91 Å². The Morgan fingerprint density at radius 3 is 2.36 bits per heavy atom. The fourth-order valence-electron chi connectivity index (χ4n) is 4.73. The molecule has 3 aromatic rings. The van der Waals surface area contributed by atoms with Gasteiger partial charge in [0.05, 0.1) is 35.7 Å². The first-order valence-corrected chi connectivity index (χ1v) is 12.5. The largest absolute Gasteiger partial charge is 0.490 e. The molecule has 2 heterocycles. The summed E-state index contributed by atoms with van der Waals surface area (Å²) in [6.45, 7) is 4.96. The molecule has 2 aliphatic rings. The van der Waals surface area contributed by atoms with E-state index in [-0.39, 0.29) is 5.91 Å². The van der Waals surface area contributed by atoms with Crippen LogP contribution in [0.4, 0.5) is 11.4 Å². The van der Waals surface area contributed by atoms with Crippen molar-refractivity contribution in [3.8, 4) is 11.5 Å². The van der Waals surface area contributed by atoms with Crippen LogP contribution in [0.5, 0.6) is 11.5 Å². The lowest BCUT2D eigenvalue weighted by Gasteiger charge is -2.29. The van der Waals surface area contributed by atoms with E-state index in [0.717, 1.165) is 22.6 Å². The van der Waals surface area contributed by atoms with Gasteiger partial charge in [0.15, 0.2) is 17.6 Å². The summed E-state index contributed by atoms with van der Waals surface area (Å²) in [5, 5.41) is 1.99. The number of carbonyl (C=O) groups is 2. The van der Waals surface area contributed by atoms with Crippen LogP contribution >= 0.6 is 11.6 Å². The monoisotopic (exact) mass is 506 g/mol. The van der Waals surface area contributed by atoms with Gasteiger partial charge in [-0.25, -0.2) is 9.96 Å². The van der Waals surface area contributed by atoms with E-state index in [1.165, 1.54) is 0 Å². The number of hydroxylamine groups is 1. The molecule has 0 bridgehead atoms. The molecule has 0 radical (unpaired) electrons. The molecule has 186 valence electrons. The normalized spacial score (nSPS) is 21.1. The molecule has 2 aliphatic heterocycles. The third-order valence-corrected chi connectivity index (χ3v) is 6.61. The summed E-state index contributed by atoms with van der Waals surface area (Å²) in [5.41, 5.74) is 1.88. The first-order valence-electron chi connectivity index (χ1n) is 12.1. The average molecular weight is 507 g/mol.